The number of aromatic nitrogens is 2. The predicted molar refractivity (Wildman–Crippen MR) is 96.7 cm³/mol. The van der Waals surface area contributed by atoms with Crippen LogP contribution in [-0.4, -0.2) is 52.7 Å². The minimum Gasteiger partial charge on any atom is -0.379 e. The Morgan fingerprint density at radius 3 is 3.08 bits per heavy atom. The van der Waals surface area contributed by atoms with E-state index in [1.165, 1.54) is 6.42 Å². The van der Waals surface area contributed by atoms with Gasteiger partial charge in [0.1, 0.15) is 5.65 Å². The monoisotopic (exact) mass is 362 g/mol. The normalized spacial score (nSPS) is 19.8. The van der Waals surface area contributed by atoms with Crippen molar-refractivity contribution in [2.45, 2.75) is 38.9 Å². The molecule has 1 fully saturated rings. The van der Waals surface area contributed by atoms with Gasteiger partial charge in [0, 0.05) is 36.4 Å². The second-order valence-electron chi connectivity index (χ2n) is 6.83. The van der Waals surface area contributed by atoms with Crippen LogP contribution < -0.4 is 5.32 Å². The molecule has 0 radical (unpaired) electrons. The van der Waals surface area contributed by atoms with Crippen molar-refractivity contribution >= 4 is 28.5 Å². The standard InChI is InChI=1S/C18H23ClN4O2/c1-12-15-8-13(19)9-21-18(15)23-6-5-22(10-16(12)23)17(24)3-7-25-11-14-2-4-20-14/h8-9,14,20H,2-7,10-11H2,1H3. The summed E-state index contributed by atoms with van der Waals surface area (Å²) < 4.78 is 7.83. The third kappa shape index (κ3) is 3.26. The molecule has 7 heteroatoms. The first kappa shape index (κ1) is 16.8. The van der Waals surface area contributed by atoms with E-state index in [9.17, 15) is 4.79 Å². The van der Waals surface area contributed by atoms with Gasteiger partial charge in [-0.25, -0.2) is 4.98 Å². The molecule has 1 atom stereocenters. The van der Waals surface area contributed by atoms with Gasteiger partial charge in [0.2, 0.25) is 5.91 Å². The van der Waals surface area contributed by atoms with Gasteiger partial charge >= 0.3 is 0 Å². The molecule has 2 aliphatic heterocycles. The van der Waals surface area contributed by atoms with E-state index in [0.29, 0.717) is 43.8 Å². The van der Waals surface area contributed by atoms with E-state index in [1.54, 1.807) is 6.20 Å². The van der Waals surface area contributed by atoms with Crippen LogP contribution in [-0.2, 0) is 22.6 Å². The SMILES string of the molecule is Cc1c2n(c3ncc(Cl)cc13)CCN(C(=O)CCOCC1CCN1)C2. The zero-order valence-electron chi connectivity index (χ0n) is 14.4. The zero-order valence-corrected chi connectivity index (χ0v) is 15.2. The number of ether oxygens (including phenoxy) is 1. The Hall–Kier alpha value is -1.63. The summed E-state index contributed by atoms with van der Waals surface area (Å²) in [6.07, 6.45) is 3.29. The third-order valence-electron chi connectivity index (χ3n) is 5.24. The number of carbonyl (C=O) groups excluding carboxylic acids is 1. The maximum absolute atomic E-state index is 12.5. The highest BCUT2D eigenvalue weighted by Gasteiger charge is 2.25. The topological polar surface area (TPSA) is 59.4 Å². The Labute approximate surface area is 152 Å². The summed E-state index contributed by atoms with van der Waals surface area (Å²) in [4.78, 5) is 18.9. The molecule has 0 bridgehead atoms. The van der Waals surface area contributed by atoms with E-state index in [-0.39, 0.29) is 5.91 Å². The lowest BCUT2D eigenvalue weighted by molar-refractivity contribution is -0.133. The summed E-state index contributed by atoms with van der Waals surface area (Å²) in [7, 11) is 0. The molecule has 2 aromatic heterocycles. The minimum atomic E-state index is 0.156. The Morgan fingerprint density at radius 1 is 1.48 bits per heavy atom. The largest absolute Gasteiger partial charge is 0.379 e. The van der Waals surface area contributed by atoms with Crippen molar-refractivity contribution in [1.82, 2.24) is 19.8 Å². The van der Waals surface area contributed by atoms with Gasteiger partial charge in [-0.2, -0.15) is 0 Å². The van der Waals surface area contributed by atoms with Crippen LogP contribution in [0, 0.1) is 6.92 Å². The van der Waals surface area contributed by atoms with Crippen molar-refractivity contribution in [2.75, 3.05) is 26.3 Å². The molecule has 0 aliphatic carbocycles. The van der Waals surface area contributed by atoms with Gasteiger partial charge in [-0.1, -0.05) is 11.6 Å². The van der Waals surface area contributed by atoms with Crippen molar-refractivity contribution in [3.63, 3.8) is 0 Å². The lowest BCUT2D eigenvalue weighted by Gasteiger charge is -2.30. The van der Waals surface area contributed by atoms with Crippen LogP contribution in [0.25, 0.3) is 11.0 Å². The van der Waals surface area contributed by atoms with Crippen LogP contribution in [0.5, 0.6) is 0 Å². The molecule has 4 rings (SSSR count). The molecule has 134 valence electrons. The highest BCUT2D eigenvalue weighted by Crippen LogP contribution is 2.29. The van der Waals surface area contributed by atoms with E-state index < -0.39 is 0 Å². The second kappa shape index (κ2) is 6.94. The first-order chi connectivity index (χ1) is 12.1. The number of aryl methyl sites for hydroxylation is 1. The van der Waals surface area contributed by atoms with Crippen LogP contribution >= 0.6 is 11.6 Å². The van der Waals surface area contributed by atoms with E-state index in [0.717, 1.165) is 35.4 Å². The fourth-order valence-electron chi connectivity index (χ4n) is 3.58. The number of pyridine rings is 1. The summed E-state index contributed by atoms with van der Waals surface area (Å²) in [6.45, 7) is 6.46. The molecule has 0 aromatic carbocycles. The highest BCUT2D eigenvalue weighted by molar-refractivity contribution is 6.31. The van der Waals surface area contributed by atoms with Crippen molar-refractivity contribution in [2.24, 2.45) is 0 Å². The maximum Gasteiger partial charge on any atom is 0.225 e. The maximum atomic E-state index is 12.5. The number of fused-ring (bicyclic) bond motifs is 3. The summed E-state index contributed by atoms with van der Waals surface area (Å²) >= 11 is 6.09. The van der Waals surface area contributed by atoms with Gasteiger partial charge < -0.3 is 19.5 Å². The van der Waals surface area contributed by atoms with E-state index in [1.807, 2.05) is 11.0 Å². The number of rotatable bonds is 5. The number of hydrogen-bond acceptors (Lipinski definition) is 4. The number of nitrogens with one attached hydrogen (secondary N) is 1. The lowest BCUT2D eigenvalue weighted by atomic mass is 10.1. The average Bonchev–Trinajstić information content (AvgIpc) is 2.84. The minimum absolute atomic E-state index is 0.156. The summed E-state index contributed by atoms with van der Waals surface area (Å²) in [5.74, 6) is 0.156. The van der Waals surface area contributed by atoms with Crippen LogP contribution in [0.1, 0.15) is 24.1 Å². The highest BCUT2D eigenvalue weighted by atomic mass is 35.5. The van der Waals surface area contributed by atoms with Crippen molar-refractivity contribution in [1.29, 1.82) is 0 Å². The van der Waals surface area contributed by atoms with E-state index >= 15 is 0 Å². The predicted octanol–water partition coefficient (Wildman–Crippen LogP) is 2.11. The van der Waals surface area contributed by atoms with Gasteiger partial charge in [0.05, 0.1) is 31.2 Å². The molecule has 1 unspecified atom stereocenters. The third-order valence-corrected chi connectivity index (χ3v) is 5.45. The molecule has 6 nitrogen and oxygen atoms in total. The molecule has 1 saturated heterocycles. The molecule has 2 aromatic rings. The van der Waals surface area contributed by atoms with Crippen molar-refractivity contribution < 1.29 is 9.53 Å². The molecule has 0 saturated carbocycles. The summed E-state index contributed by atoms with van der Waals surface area (Å²) in [5.41, 5.74) is 3.28. The smallest absolute Gasteiger partial charge is 0.225 e. The van der Waals surface area contributed by atoms with Crippen LogP contribution in [0.4, 0.5) is 0 Å². The van der Waals surface area contributed by atoms with E-state index in [2.05, 4.69) is 21.8 Å². The van der Waals surface area contributed by atoms with Gasteiger partial charge in [-0.05, 0) is 31.5 Å². The molecule has 25 heavy (non-hydrogen) atoms. The Morgan fingerprint density at radius 2 is 2.32 bits per heavy atom. The Bertz CT molecular complexity index is 800. The number of halogens is 1. The van der Waals surface area contributed by atoms with Crippen LogP contribution in [0.15, 0.2) is 12.3 Å². The summed E-state index contributed by atoms with van der Waals surface area (Å²) in [6, 6.07) is 2.43. The molecule has 0 spiro atoms. The number of hydrogen-bond donors (Lipinski definition) is 1. The first-order valence-electron chi connectivity index (χ1n) is 8.85. The van der Waals surface area contributed by atoms with Gasteiger partial charge in [0.25, 0.3) is 0 Å². The van der Waals surface area contributed by atoms with Gasteiger partial charge in [0.15, 0.2) is 0 Å². The Balaban J connectivity index is 1.40. The van der Waals surface area contributed by atoms with Gasteiger partial charge in [-0.15, -0.1) is 0 Å². The zero-order chi connectivity index (χ0) is 17.4. The first-order valence-corrected chi connectivity index (χ1v) is 9.23. The van der Waals surface area contributed by atoms with E-state index in [4.69, 9.17) is 16.3 Å². The van der Waals surface area contributed by atoms with Crippen molar-refractivity contribution in [3.8, 4) is 0 Å². The fourth-order valence-corrected chi connectivity index (χ4v) is 3.74. The quantitative estimate of drug-likeness (QED) is 0.828. The molecular weight excluding hydrogens is 340 g/mol. The second-order valence-corrected chi connectivity index (χ2v) is 7.26. The molecular formula is C18H23ClN4O2. The van der Waals surface area contributed by atoms with Crippen LogP contribution in [0.3, 0.4) is 0 Å². The lowest BCUT2D eigenvalue weighted by Crippen LogP contribution is -2.46. The van der Waals surface area contributed by atoms with Gasteiger partial charge in [-0.3, -0.25) is 4.79 Å². The summed E-state index contributed by atoms with van der Waals surface area (Å²) in [5, 5.41) is 5.01. The molecule has 2 aliphatic rings. The fraction of sp³-hybridized carbons (Fsp3) is 0.556. The number of nitrogens with zero attached hydrogens (tertiary/aromatic N) is 3. The number of carbonyl (C=O) groups is 1. The average molecular weight is 363 g/mol. The number of amides is 1. The Kier molecular flexibility index (Phi) is 4.67. The molecule has 4 heterocycles. The van der Waals surface area contributed by atoms with Crippen molar-refractivity contribution in [3.05, 3.63) is 28.5 Å². The molecule has 1 N–H and O–H groups in total. The van der Waals surface area contributed by atoms with Crippen LogP contribution in [0.2, 0.25) is 5.02 Å². The molecule has 1 amide bonds.